The normalized spacial score (nSPS) is 22.0. The molecule has 110 valence electrons. The molecule has 1 saturated heterocycles. The fourth-order valence-electron chi connectivity index (χ4n) is 2.62. The van der Waals surface area contributed by atoms with Crippen molar-refractivity contribution in [2.75, 3.05) is 13.1 Å². The largest absolute Gasteiger partial charge is 0.348 e. The summed E-state index contributed by atoms with van der Waals surface area (Å²) in [6.45, 7) is 4.07. The Bertz CT molecular complexity index is 591. The van der Waals surface area contributed by atoms with Crippen LogP contribution in [0.25, 0.3) is 5.69 Å². The highest BCUT2D eigenvalue weighted by molar-refractivity contribution is 5.94. The zero-order valence-electron chi connectivity index (χ0n) is 12.1. The van der Waals surface area contributed by atoms with Crippen LogP contribution in [0.1, 0.15) is 23.7 Å². The van der Waals surface area contributed by atoms with Crippen LogP contribution in [0.3, 0.4) is 0 Å². The summed E-state index contributed by atoms with van der Waals surface area (Å²) in [5.41, 5.74) is 1.63. The molecule has 2 N–H and O–H groups in total. The second kappa shape index (κ2) is 6.10. The predicted molar refractivity (Wildman–Crippen MR) is 81.5 cm³/mol. The number of nitrogens with one attached hydrogen (secondary N) is 2. The molecule has 5 nitrogen and oxygen atoms in total. The average molecular weight is 284 g/mol. The molecule has 1 fully saturated rings. The van der Waals surface area contributed by atoms with Gasteiger partial charge in [-0.15, -0.1) is 0 Å². The summed E-state index contributed by atoms with van der Waals surface area (Å²) in [7, 11) is 0. The first kappa shape index (κ1) is 13.8. The van der Waals surface area contributed by atoms with Gasteiger partial charge in [-0.1, -0.05) is 6.92 Å². The van der Waals surface area contributed by atoms with E-state index in [1.807, 2.05) is 36.5 Å². The van der Waals surface area contributed by atoms with Crippen molar-refractivity contribution in [1.29, 1.82) is 0 Å². The van der Waals surface area contributed by atoms with Crippen molar-refractivity contribution in [2.24, 2.45) is 5.92 Å². The van der Waals surface area contributed by atoms with Gasteiger partial charge < -0.3 is 10.6 Å². The van der Waals surface area contributed by atoms with Gasteiger partial charge in [-0.3, -0.25) is 4.79 Å². The number of rotatable bonds is 3. The topological polar surface area (TPSA) is 58.9 Å². The quantitative estimate of drug-likeness (QED) is 0.900. The molecule has 1 amide bonds. The highest BCUT2D eigenvalue weighted by Gasteiger charge is 2.22. The van der Waals surface area contributed by atoms with E-state index in [-0.39, 0.29) is 11.9 Å². The van der Waals surface area contributed by atoms with E-state index in [9.17, 15) is 4.79 Å². The minimum atomic E-state index is -0.0115. The van der Waals surface area contributed by atoms with Crippen LogP contribution in [-0.4, -0.2) is 34.8 Å². The van der Waals surface area contributed by atoms with E-state index >= 15 is 0 Å². The molecule has 0 spiro atoms. The van der Waals surface area contributed by atoms with E-state index < -0.39 is 0 Å². The van der Waals surface area contributed by atoms with Crippen LogP contribution in [0.15, 0.2) is 42.7 Å². The molecule has 0 radical (unpaired) electrons. The molecule has 2 aromatic rings. The molecule has 2 atom stereocenters. The number of hydrogen-bond acceptors (Lipinski definition) is 3. The van der Waals surface area contributed by atoms with E-state index in [4.69, 9.17) is 0 Å². The van der Waals surface area contributed by atoms with Gasteiger partial charge >= 0.3 is 0 Å². The van der Waals surface area contributed by atoms with Crippen molar-refractivity contribution in [3.05, 3.63) is 48.3 Å². The van der Waals surface area contributed by atoms with Crippen molar-refractivity contribution >= 4 is 5.91 Å². The van der Waals surface area contributed by atoms with Crippen LogP contribution in [-0.2, 0) is 0 Å². The SMILES string of the molecule is CC1CCNCC1NC(=O)c1ccc(-n2cccn2)cc1. The summed E-state index contributed by atoms with van der Waals surface area (Å²) < 4.78 is 1.77. The highest BCUT2D eigenvalue weighted by atomic mass is 16.1. The molecule has 5 heteroatoms. The summed E-state index contributed by atoms with van der Waals surface area (Å²) in [5.74, 6) is 0.501. The Morgan fingerprint density at radius 3 is 2.86 bits per heavy atom. The summed E-state index contributed by atoms with van der Waals surface area (Å²) in [4.78, 5) is 12.3. The monoisotopic (exact) mass is 284 g/mol. The highest BCUT2D eigenvalue weighted by Crippen LogP contribution is 2.13. The van der Waals surface area contributed by atoms with Crippen LogP contribution < -0.4 is 10.6 Å². The summed E-state index contributed by atoms with van der Waals surface area (Å²) in [5, 5.41) is 10.6. The van der Waals surface area contributed by atoms with E-state index in [1.165, 1.54) is 0 Å². The molecule has 1 aliphatic heterocycles. The molecular formula is C16H20N4O. The second-order valence-electron chi connectivity index (χ2n) is 5.55. The molecule has 0 saturated carbocycles. The third-order valence-corrected chi connectivity index (χ3v) is 4.04. The molecule has 1 aromatic heterocycles. The van der Waals surface area contributed by atoms with Crippen molar-refractivity contribution in [3.63, 3.8) is 0 Å². The summed E-state index contributed by atoms with van der Waals surface area (Å²) >= 11 is 0. The van der Waals surface area contributed by atoms with Gasteiger partial charge in [-0.2, -0.15) is 5.10 Å². The first-order chi connectivity index (χ1) is 10.2. The molecule has 21 heavy (non-hydrogen) atoms. The van der Waals surface area contributed by atoms with Crippen LogP contribution in [0.2, 0.25) is 0 Å². The van der Waals surface area contributed by atoms with E-state index in [0.29, 0.717) is 11.5 Å². The van der Waals surface area contributed by atoms with Gasteiger partial charge in [0.25, 0.3) is 5.91 Å². The van der Waals surface area contributed by atoms with Gasteiger partial charge in [0.15, 0.2) is 0 Å². The number of aromatic nitrogens is 2. The molecule has 1 aromatic carbocycles. The average Bonchev–Trinajstić information content (AvgIpc) is 3.04. The van der Waals surface area contributed by atoms with Crippen LogP contribution in [0.4, 0.5) is 0 Å². The van der Waals surface area contributed by atoms with Crippen molar-refractivity contribution < 1.29 is 4.79 Å². The van der Waals surface area contributed by atoms with Crippen LogP contribution >= 0.6 is 0 Å². The lowest BCUT2D eigenvalue weighted by atomic mass is 9.94. The van der Waals surface area contributed by atoms with Gasteiger partial charge in [-0.25, -0.2) is 4.68 Å². The first-order valence-electron chi connectivity index (χ1n) is 7.36. The second-order valence-corrected chi connectivity index (χ2v) is 5.55. The first-order valence-corrected chi connectivity index (χ1v) is 7.36. The van der Waals surface area contributed by atoms with Crippen LogP contribution in [0.5, 0.6) is 0 Å². The number of benzene rings is 1. The van der Waals surface area contributed by atoms with Crippen molar-refractivity contribution in [1.82, 2.24) is 20.4 Å². The van der Waals surface area contributed by atoms with Gasteiger partial charge in [-0.05, 0) is 49.2 Å². The molecule has 1 aliphatic rings. The Morgan fingerprint density at radius 1 is 1.38 bits per heavy atom. The smallest absolute Gasteiger partial charge is 0.251 e. The zero-order valence-corrected chi connectivity index (χ0v) is 12.1. The maximum Gasteiger partial charge on any atom is 0.251 e. The number of amides is 1. The summed E-state index contributed by atoms with van der Waals surface area (Å²) in [6.07, 6.45) is 4.71. The molecule has 0 aliphatic carbocycles. The van der Waals surface area contributed by atoms with Gasteiger partial charge in [0, 0.05) is 30.5 Å². The van der Waals surface area contributed by atoms with E-state index in [2.05, 4.69) is 22.7 Å². The maximum absolute atomic E-state index is 12.3. The fourth-order valence-corrected chi connectivity index (χ4v) is 2.62. The Balaban J connectivity index is 1.67. The van der Waals surface area contributed by atoms with Crippen LogP contribution in [0, 0.1) is 5.92 Å². The van der Waals surface area contributed by atoms with Crippen molar-refractivity contribution in [2.45, 2.75) is 19.4 Å². The molecular weight excluding hydrogens is 264 g/mol. The van der Waals surface area contributed by atoms with E-state index in [1.54, 1.807) is 10.9 Å². The molecule has 2 heterocycles. The number of hydrogen-bond donors (Lipinski definition) is 2. The lowest BCUT2D eigenvalue weighted by molar-refractivity contribution is 0.0915. The van der Waals surface area contributed by atoms with Crippen molar-refractivity contribution in [3.8, 4) is 5.69 Å². The Kier molecular flexibility index (Phi) is 4.01. The third-order valence-electron chi connectivity index (χ3n) is 4.04. The van der Waals surface area contributed by atoms with E-state index in [0.717, 1.165) is 25.2 Å². The summed E-state index contributed by atoms with van der Waals surface area (Å²) in [6, 6.07) is 9.57. The molecule has 3 rings (SSSR count). The Hall–Kier alpha value is -2.14. The maximum atomic E-state index is 12.3. The Labute approximate surface area is 124 Å². The predicted octanol–water partition coefficient (Wildman–Crippen LogP) is 1.60. The zero-order chi connectivity index (χ0) is 14.7. The number of carbonyl (C=O) groups is 1. The standard InChI is InChI=1S/C16H20N4O/c1-12-7-9-17-11-15(12)19-16(21)13-3-5-14(6-4-13)20-10-2-8-18-20/h2-6,8,10,12,15,17H,7,9,11H2,1H3,(H,19,21). The number of carbonyl (C=O) groups excluding carboxylic acids is 1. The third kappa shape index (κ3) is 3.13. The lowest BCUT2D eigenvalue weighted by Gasteiger charge is -2.30. The minimum absolute atomic E-state index is 0.0115. The molecule has 0 bridgehead atoms. The Morgan fingerprint density at radius 2 is 2.19 bits per heavy atom. The van der Waals surface area contributed by atoms with Gasteiger partial charge in [0.2, 0.25) is 0 Å². The lowest BCUT2D eigenvalue weighted by Crippen LogP contribution is -2.50. The molecule has 2 unspecified atom stereocenters. The van der Waals surface area contributed by atoms with Gasteiger partial charge in [0.05, 0.1) is 5.69 Å². The minimum Gasteiger partial charge on any atom is -0.348 e. The number of piperidine rings is 1. The van der Waals surface area contributed by atoms with Gasteiger partial charge in [0.1, 0.15) is 0 Å². The fraction of sp³-hybridized carbons (Fsp3) is 0.375. The number of nitrogens with zero attached hydrogens (tertiary/aromatic N) is 2.